The summed E-state index contributed by atoms with van der Waals surface area (Å²) in [5.41, 5.74) is 0.516. The van der Waals surface area contributed by atoms with Gasteiger partial charge in [0, 0.05) is 11.7 Å². The topological polar surface area (TPSA) is 44.4 Å². The zero-order valence-corrected chi connectivity index (χ0v) is 13.8. The second-order valence-corrected chi connectivity index (χ2v) is 5.51. The number of carbonyl (C=O) groups is 1. The number of rotatable bonds is 6. The first-order valence-corrected chi connectivity index (χ1v) is 7.69. The van der Waals surface area contributed by atoms with E-state index in [0.717, 1.165) is 38.9 Å². The molecule has 0 aliphatic carbocycles. The van der Waals surface area contributed by atoms with Gasteiger partial charge in [-0.3, -0.25) is 9.69 Å². The largest absolute Gasteiger partial charge is 0.325 e. The van der Waals surface area contributed by atoms with Crippen LogP contribution in [0.1, 0.15) is 26.2 Å². The number of carbonyl (C=O) groups excluding carboxylic acids is 1. The van der Waals surface area contributed by atoms with Crippen molar-refractivity contribution in [3.05, 3.63) is 30.1 Å². The lowest BCUT2D eigenvalue weighted by Gasteiger charge is -2.34. The Kier molecular flexibility index (Phi) is 8.38. The van der Waals surface area contributed by atoms with Crippen LogP contribution in [0.25, 0.3) is 0 Å². The molecular weight excluding hydrogens is 305 g/mol. The summed E-state index contributed by atoms with van der Waals surface area (Å²) in [6.45, 7) is 5.43. The van der Waals surface area contributed by atoms with Gasteiger partial charge in [-0.05, 0) is 57.1 Å². The minimum absolute atomic E-state index is 0. The van der Waals surface area contributed by atoms with Crippen LogP contribution in [-0.2, 0) is 4.79 Å². The summed E-state index contributed by atoms with van der Waals surface area (Å²) in [5.74, 6) is -0.413. The zero-order valence-electron chi connectivity index (χ0n) is 13.0. The van der Waals surface area contributed by atoms with Crippen LogP contribution in [0.3, 0.4) is 0 Å². The minimum atomic E-state index is -0.337. The van der Waals surface area contributed by atoms with Crippen LogP contribution in [0.4, 0.5) is 10.1 Å². The number of nitrogens with zero attached hydrogens (tertiary/aromatic N) is 1. The van der Waals surface area contributed by atoms with Crippen molar-refractivity contribution in [1.29, 1.82) is 0 Å². The SMILES string of the molecule is CCCN(CC(=O)Nc1cccc(F)c1)C1CCNCC1.Cl. The van der Waals surface area contributed by atoms with E-state index in [2.05, 4.69) is 22.5 Å². The molecule has 0 atom stereocenters. The highest BCUT2D eigenvalue weighted by Crippen LogP contribution is 2.13. The van der Waals surface area contributed by atoms with Crippen LogP contribution in [0.5, 0.6) is 0 Å². The summed E-state index contributed by atoms with van der Waals surface area (Å²) in [6, 6.07) is 6.47. The molecule has 0 radical (unpaired) electrons. The van der Waals surface area contributed by atoms with Gasteiger partial charge in [0.15, 0.2) is 0 Å². The van der Waals surface area contributed by atoms with Crippen LogP contribution in [0, 0.1) is 5.82 Å². The molecule has 0 aromatic heterocycles. The van der Waals surface area contributed by atoms with Crippen molar-refractivity contribution >= 4 is 24.0 Å². The van der Waals surface area contributed by atoms with E-state index >= 15 is 0 Å². The number of amides is 1. The molecule has 0 unspecified atom stereocenters. The molecule has 6 heteroatoms. The number of halogens is 2. The van der Waals surface area contributed by atoms with Gasteiger partial charge in [0.05, 0.1) is 6.54 Å². The Morgan fingerprint density at radius 3 is 2.77 bits per heavy atom. The third-order valence-electron chi connectivity index (χ3n) is 3.79. The molecular formula is C16H25ClFN3O. The molecule has 0 saturated carbocycles. The molecule has 0 bridgehead atoms. The number of piperidine rings is 1. The summed E-state index contributed by atoms with van der Waals surface area (Å²) in [5, 5.41) is 6.12. The van der Waals surface area contributed by atoms with E-state index in [-0.39, 0.29) is 24.1 Å². The van der Waals surface area contributed by atoms with E-state index < -0.39 is 0 Å². The smallest absolute Gasteiger partial charge is 0.238 e. The van der Waals surface area contributed by atoms with E-state index in [0.29, 0.717) is 18.3 Å². The normalized spacial score (nSPS) is 15.4. The number of hydrogen-bond acceptors (Lipinski definition) is 3. The van der Waals surface area contributed by atoms with Crippen molar-refractivity contribution in [2.24, 2.45) is 0 Å². The standard InChI is InChI=1S/C16H24FN3O.ClH/c1-2-10-20(15-6-8-18-9-7-15)12-16(21)19-14-5-3-4-13(17)11-14;/h3-5,11,15,18H,2,6-10,12H2,1H3,(H,19,21);1H. The first kappa shape index (κ1) is 18.9. The Morgan fingerprint density at radius 1 is 1.41 bits per heavy atom. The second-order valence-electron chi connectivity index (χ2n) is 5.51. The molecule has 22 heavy (non-hydrogen) atoms. The zero-order chi connectivity index (χ0) is 15.1. The molecule has 2 N–H and O–H groups in total. The van der Waals surface area contributed by atoms with E-state index in [4.69, 9.17) is 0 Å². The maximum absolute atomic E-state index is 13.1. The van der Waals surface area contributed by atoms with E-state index in [1.807, 2.05) is 0 Å². The molecule has 1 aromatic rings. The fourth-order valence-corrected chi connectivity index (χ4v) is 2.80. The van der Waals surface area contributed by atoms with Crippen molar-refractivity contribution in [1.82, 2.24) is 10.2 Å². The molecule has 1 aliphatic heterocycles. The Balaban J connectivity index is 0.00000242. The molecule has 1 amide bonds. The fraction of sp³-hybridized carbons (Fsp3) is 0.562. The molecule has 1 aliphatic rings. The molecule has 1 fully saturated rings. The monoisotopic (exact) mass is 329 g/mol. The molecule has 124 valence electrons. The highest BCUT2D eigenvalue weighted by molar-refractivity contribution is 5.92. The quantitative estimate of drug-likeness (QED) is 0.843. The maximum Gasteiger partial charge on any atom is 0.238 e. The molecule has 1 saturated heterocycles. The predicted octanol–water partition coefficient (Wildman–Crippen LogP) is 2.65. The maximum atomic E-state index is 13.1. The number of anilines is 1. The van der Waals surface area contributed by atoms with E-state index in [9.17, 15) is 9.18 Å². The minimum Gasteiger partial charge on any atom is -0.325 e. The van der Waals surface area contributed by atoms with E-state index in [1.165, 1.54) is 12.1 Å². The lowest BCUT2D eigenvalue weighted by molar-refractivity contribution is -0.118. The molecule has 1 heterocycles. The summed E-state index contributed by atoms with van der Waals surface area (Å²) >= 11 is 0. The van der Waals surface area contributed by atoms with Gasteiger partial charge in [-0.1, -0.05) is 13.0 Å². The van der Waals surface area contributed by atoms with Gasteiger partial charge in [0.25, 0.3) is 0 Å². The molecule has 4 nitrogen and oxygen atoms in total. The van der Waals surface area contributed by atoms with Crippen molar-refractivity contribution in [3.8, 4) is 0 Å². The third-order valence-corrected chi connectivity index (χ3v) is 3.79. The molecule has 2 rings (SSSR count). The molecule has 0 spiro atoms. The van der Waals surface area contributed by atoms with Crippen LogP contribution in [-0.4, -0.2) is 43.0 Å². The van der Waals surface area contributed by atoms with Crippen LogP contribution in [0.15, 0.2) is 24.3 Å². The van der Waals surface area contributed by atoms with Crippen molar-refractivity contribution < 1.29 is 9.18 Å². The lowest BCUT2D eigenvalue weighted by atomic mass is 10.0. The van der Waals surface area contributed by atoms with Gasteiger partial charge in [0.2, 0.25) is 5.91 Å². The Bertz CT molecular complexity index is 466. The average Bonchev–Trinajstić information content (AvgIpc) is 2.47. The number of benzene rings is 1. The lowest BCUT2D eigenvalue weighted by Crippen LogP contribution is -2.46. The Morgan fingerprint density at radius 2 is 2.14 bits per heavy atom. The van der Waals surface area contributed by atoms with Gasteiger partial charge in [-0.25, -0.2) is 4.39 Å². The Labute approximate surface area is 137 Å². The van der Waals surface area contributed by atoms with Gasteiger partial charge in [-0.15, -0.1) is 12.4 Å². The summed E-state index contributed by atoms with van der Waals surface area (Å²) < 4.78 is 13.1. The Hall–Kier alpha value is -1.17. The number of hydrogen-bond donors (Lipinski definition) is 2. The van der Waals surface area contributed by atoms with Crippen molar-refractivity contribution in [2.75, 3.05) is 31.5 Å². The van der Waals surface area contributed by atoms with Crippen molar-refractivity contribution in [2.45, 2.75) is 32.2 Å². The van der Waals surface area contributed by atoms with Gasteiger partial charge in [0.1, 0.15) is 5.82 Å². The van der Waals surface area contributed by atoms with Gasteiger partial charge >= 0.3 is 0 Å². The van der Waals surface area contributed by atoms with Crippen LogP contribution >= 0.6 is 12.4 Å². The predicted molar refractivity (Wildman–Crippen MR) is 90.0 cm³/mol. The second kappa shape index (κ2) is 9.77. The van der Waals surface area contributed by atoms with Gasteiger partial charge in [-0.2, -0.15) is 0 Å². The summed E-state index contributed by atoms with van der Waals surface area (Å²) in [6.07, 6.45) is 3.18. The fourth-order valence-electron chi connectivity index (χ4n) is 2.80. The highest BCUT2D eigenvalue weighted by Gasteiger charge is 2.22. The van der Waals surface area contributed by atoms with Crippen LogP contribution in [0.2, 0.25) is 0 Å². The first-order chi connectivity index (χ1) is 10.2. The van der Waals surface area contributed by atoms with Crippen molar-refractivity contribution in [3.63, 3.8) is 0 Å². The first-order valence-electron chi connectivity index (χ1n) is 7.69. The third kappa shape index (κ3) is 5.91. The van der Waals surface area contributed by atoms with Gasteiger partial charge < -0.3 is 10.6 Å². The highest BCUT2D eigenvalue weighted by atomic mass is 35.5. The summed E-state index contributed by atoms with van der Waals surface area (Å²) in [4.78, 5) is 14.4. The van der Waals surface area contributed by atoms with Crippen LogP contribution < -0.4 is 10.6 Å². The van der Waals surface area contributed by atoms with E-state index in [1.54, 1.807) is 12.1 Å². The number of nitrogens with one attached hydrogen (secondary N) is 2. The summed E-state index contributed by atoms with van der Waals surface area (Å²) in [7, 11) is 0. The average molecular weight is 330 g/mol. The molecule has 1 aromatic carbocycles.